The third-order valence-corrected chi connectivity index (χ3v) is 2.57. The molecule has 0 bridgehead atoms. The maximum Gasteiger partial charge on any atom is 0.341 e. The van der Waals surface area contributed by atoms with Gasteiger partial charge < -0.3 is 14.6 Å². The van der Waals surface area contributed by atoms with Gasteiger partial charge in [0, 0.05) is 6.20 Å². The number of nitro benzene ring substituents is 1. The second kappa shape index (κ2) is 5.87. The van der Waals surface area contributed by atoms with Gasteiger partial charge in [-0.05, 0) is 24.3 Å². The van der Waals surface area contributed by atoms with Crippen LogP contribution in [0.3, 0.4) is 0 Å². The number of carboxylic acid groups (broad SMARTS) is 1. The van der Waals surface area contributed by atoms with Crippen molar-refractivity contribution < 1.29 is 24.3 Å². The number of methoxy groups -OCH3 is 1. The highest BCUT2D eigenvalue weighted by Gasteiger charge is 2.20. The lowest BCUT2D eigenvalue weighted by Crippen LogP contribution is -2.02. The van der Waals surface area contributed by atoms with E-state index in [1.165, 1.54) is 43.6 Å². The van der Waals surface area contributed by atoms with Crippen molar-refractivity contribution in [3.8, 4) is 17.4 Å². The number of ether oxygens (including phenoxy) is 2. The molecule has 2 aromatic rings. The van der Waals surface area contributed by atoms with Gasteiger partial charge in [0.2, 0.25) is 11.6 Å². The summed E-state index contributed by atoms with van der Waals surface area (Å²) in [6, 6.07) is 6.68. The van der Waals surface area contributed by atoms with Crippen LogP contribution in [0.15, 0.2) is 36.5 Å². The molecule has 1 heterocycles. The Morgan fingerprint density at radius 2 is 2.14 bits per heavy atom. The first-order valence-corrected chi connectivity index (χ1v) is 5.71. The lowest BCUT2D eigenvalue weighted by molar-refractivity contribution is -0.385. The summed E-state index contributed by atoms with van der Waals surface area (Å²) in [5.74, 6) is -1.30. The van der Waals surface area contributed by atoms with E-state index in [1.807, 2.05) is 0 Å². The molecule has 1 aromatic carbocycles. The van der Waals surface area contributed by atoms with E-state index in [1.54, 1.807) is 0 Å². The molecular formula is C13H10N2O6. The molecule has 0 spiro atoms. The lowest BCUT2D eigenvalue weighted by Gasteiger charge is -2.08. The molecule has 1 aromatic heterocycles. The summed E-state index contributed by atoms with van der Waals surface area (Å²) in [7, 11) is 1.38. The number of carboxylic acids is 1. The molecule has 8 nitrogen and oxygen atoms in total. The normalized spacial score (nSPS) is 9.95. The minimum absolute atomic E-state index is 0.123. The number of aromatic nitrogens is 1. The van der Waals surface area contributed by atoms with Gasteiger partial charge in [-0.3, -0.25) is 10.1 Å². The van der Waals surface area contributed by atoms with Gasteiger partial charge in [0.1, 0.15) is 11.3 Å². The van der Waals surface area contributed by atoms with Crippen molar-refractivity contribution in [2.75, 3.05) is 7.11 Å². The van der Waals surface area contributed by atoms with Crippen molar-refractivity contribution in [2.45, 2.75) is 0 Å². The second-order valence-electron chi connectivity index (χ2n) is 3.85. The Labute approximate surface area is 118 Å². The molecule has 0 fully saturated rings. The Hall–Kier alpha value is -3.16. The van der Waals surface area contributed by atoms with E-state index in [9.17, 15) is 14.9 Å². The number of pyridine rings is 1. The molecule has 108 valence electrons. The average molecular weight is 290 g/mol. The van der Waals surface area contributed by atoms with Crippen molar-refractivity contribution >= 4 is 11.7 Å². The Bertz CT molecular complexity index is 701. The molecule has 0 aliphatic rings. The van der Waals surface area contributed by atoms with Crippen LogP contribution >= 0.6 is 0 Å². The SMILES string of the molecule is COc1ccc(Oc2ncccc2C(=O)O)c([N+](=O)[O-])c1. The molecule has 21 heavy (non-hydrogen) atoms. The minimum Gasteiger partial charge on any atom is -0.496 e. The van der Waals surface area contributed by atoms with Gasteiger partial charge >= 0.3 is 11.7 Å². The molecule has 0 saturated carbocycles. The molecule has 0 aliphatic heterocycles. The molecule has 1 N–H and O–H groups in total. The van der Waals surface area contributed by atoms with E-state index >= 15 is 0 Å². The zero-order valence-electron chi connectivity index (χ0n) is 10.8. The van der Waals surface area contributed by atoms with Crippen molar-refractivity contribution in [2.24, 2.45) is 0 Å². The highest BCUT2D eigenvalue weighted by Crippen LogP contribution is 2.34. The van der Waals surface area contributed by atoms with Crippen molar-refractivity contribution in [1.29, 1.82) is 0 Å². The Morgan fingerprint density at radius 1 is 1.38 bits per heavy atom. The van der Waals surface area contributed by atoms with Gasteiger partial charge in [0.05, 0.1) is 18.1 Å². The monoisotopic (exact) mass is 290 g/mol. The van der Waals surface area contributed by atoms with Crippen LogP contribution < -0.4 is 9.47 Å². The quantitative estimate of drug-likeness (QED) is 0.664. The number of carbonyl (C=O) groups is 1. The van der Waals surface area contributed by atoms with E-state index in [0.717, 1.165) is 0 Å². The number of hydrogen-bond acceptors (Lipinski definition) is 6. The standard InChI is InChI=1S/C13H10N2O6/c1-20-8-4-5-11(10(7-8)15(18)19)21-12-9(13(16)17)3-2-6-14-12/h2-7H,1H3,(H,16,17). The highest BCUT2D eigenvalue weighted by atomic mass is 16.6. The number of benzene rings is 1. The number of nitro groups is 1. The first-order valence-electron chi connectivity index (χ1n) is 5.71. The number of rotatable bonds is 5. The maximum absolute atomic E-state index is 11.1. The third kappa shape index (κ3) is 3.06. The van der Waals surface area contributed by atoms with Crippen molar-refractivity contribution in [3.05, 3.63) is 52.2 Å². The molecule has 0 aliphatic carbocycles. The largest absolute Gasteiger partial charge is 0.496 e. The van der Waals surface area contributed by atoms with Gasteiger partial charge in [-0.25, -0.2) is 9.78 Å². The van der Waals surface area contributed by atoms with E-state index < -0.39 is 10.9 Å². The molecular weight excluding hydrogens is 280 g/mol. The zero-order valence-corrected chi connectivity index (χ0v) is 10.8. The lowest BCUT2D eigenvalue weighted by atomic mass is 10.2. The van der Waals surface area contributed by atoms with Gasteiger partial charge in [-0.1, -0.05) is 0 Å². The molecule has 0 saturated heterocycles. The maximum atomic E-state index is 11.1. The van der Waals surface area contributed by atoms with Gasteiger partial charge in [-0.15, -0.1) is 0 Å². The third-order valence-electron chi connectivity index (χ3n) is 2.57. The molecule has 8 heteroatoms. The zero-order chi connectivity index (χ0) is 15.4. The van der Waals surface area contributed by atoms with Crippen LogP contribution in [0.2, 0.25) is 0 Å². The van der Waals surface area contributed by atoms with Gasteiger partial charge in [0.25, 0.3) is 0 Å². The fourth-order valence-electron chi connectivity index (χ4n) is 1.59. The minimum atomic E-state index is -1.24. The predicted octanol–water partition coefficient (Wildman–Crippen LogP) is 2.49. The fraction of sp³-hybridized carbons (Fsp3) is 0.0769. The molecule has 0 amide bonds. The first kappa shape index (κ1) is 14.3. The van der Waals surface area contributed by atoms with Crippen LogP contribution in [0.25, 0.3) is 0 Å². The topological polar surface area (TPSA) is 112 Å². The summed E-state index contributed by atoms with van der Waals surface area (Å²) < 4.78 is 10.2. The molecule has 0 atom stereocenters. The second-order valence-corrected chi connectivity index (χ2v) is 3.85. The van der Waals surface area contributed by atoms with Crippen LogP contribution in [-0.4, -0.2) is 28.1 Å². The average Bonchev–Trinajstić information content (AvgIpc) is 2.47. The van der Waals surface area contributed by atoms with Crippen LogP contribution in [0.5, 0.6) is 17.4 Å². The number of nitrogens with zero attached hydrogens (tertiary/aromatic N) is 2. The number of hydrogen-bond donors (Lipinski definition) is 1. The van der Waals surface area contributed by atoms with E-state index in [4.69, 9.17) is 14.6 Å². The Morgan fingerprint density at radius 3 is 2.76 bits per heavy atom. The van der Waals surface area contributed by atoms with Crippen LogP contribution in [0, 0.1) is 10.1 Å². The molecule has 0 unspecified atom stereocenters. The summed E-state index contributed by atoms with van der Waals surface area (Å²) in [5.41, 5.74) is -0.543. The Balaban J connectivity index is 2.45. The molecule has 2 rings (SSSR count). The van der Waals surface area contributed by atoms with Crippen LogP contribution in [-0.2, 0) is 0 Å². The van der Waals surface area contributed by atoms with Crippen molar-refractivity contribution in [3.63, 3.8) is 0 Å². The van der Waals surface area contributed by atoms with E-state index in [2.05, 4.69) is 4.98 Å². The van der Waals surface area contributed by atoms with E-state index in [-0.39, 0.29) is 28.6 Å². The fourth-order valence-corrected chi connectivity index (χ4v) is 1.59. The van der Waals surface area contributed by atoms with Gasteiger partial charge in [0.15, 0.2) is 0 Å². The summed E-state index contributed by atoms with van der Waals surface area (Å²) in [6.45, 7) is 0. The van der Waals surface area contributed by atoms with Crippen molar-refractivity contribution in [1.82, 2.24) is 4.98 Å². The molecule has 0 radical (unpaired) electrons. The van der Waals surface area contributed by atoms with E-state index in [0.29, 0.717) is 0 Å². The smallest absolute Gasteiger partial charge is 0.341 e. The Kier molecular flexibility index (Phi) is 3.98. The predicted molar refractivity (Wildman–Crippen MR) is 70.9 cm³/mol. The summed E-state index contributed by atoms with van der Waals surface area (Å²) >= 11 is 0. The van der Waals surface area contributed by atoms with Crippen LogP contribution in [0.1, 0.15) is 10.4 Å². The van der Waals surface area contributed by atoms with Gasteiger partial charge in [-0.2, -0.15) is 0 Å². The summed E-state index contributed by atoms with van der Waals surface area (Å²) in [6.07, 6.45) is 1.33. The number of aromatic carboxylic acids is 1. The van der Waals surface area contributed by atoms with Crippen LogP contribution in [0.4, 0.5) is 5.69 Å². The highest BCUT2D eigenvalue weighted by molar-refractivity contribution is 5.90. The summed E-state index contributed by atoms with van der Waals surface area (Å²) in [4.78, 5) is 25.2. The first-order chi connectivity index (χ1) is 10.0. The summed E-state index contributed by atoms with van der Waals surface area (Å²) in [5, 5.41) is 20.1.